The number of carboxylic acids is 1. The largest absolute Gasteiger partial charge is 0.490 e. The molecule has 5 nitrogen and oxygen atoms in total. The lowest BCUT2D eigenvalue weighted by Gasteiger charge is -2.26. The molecular formula is C17H21NO4. The molecule has 2 aliphatic rings. The molecule has 0 saturated heterocycles. The zero-order valence-corrected chi connectivity index (χ0v) is 12.7. The normalized spacial score (nSPS) is 26.9. The fourth-order valence-electron chi connectivity index (χ4n) is 3.32. The Morgan fingerprint density at radius 2 is 1.95 bits per heavy atom. The molecule has 1 heterocycles. The minimum atomic E-state index is -0.725. The van der Waals surface area contributed by atoms with E-state index in [9.17, 15) is 9.59 Å². The highest BCUT2D eigenvalue weighted by Gasteiger charge is 2.27. The van der Waals surface area contributed by atoms with Gasteiger partial charge in [-0.25, -0.2) is 0 Å². The van der Waals surface area contributed by atoms with Gasteiger partial charge in [0.25, 0.3) is 5.91 Å². The second-order valence-corrected chi connectivity index (χ2v) is 6.32. The maximum atomic E-state index is 12.3. The second kappa shape index (κ2) is 5.99. The Morgan fingerprint density at radius 3 is 2.64 bits per heavy atom. The molecule has 22 heavy (non-hydrogen) atoms. The molecule has 1 aliphatic carbocycles. The van der Waals surface area contributed by atoms with E-state index in [1.807, 2.05) is 19.1 Å². The van der Waals surface area contributed by atoms with E-state index >= 15 is 0 Å². The predicted molar refractivity (Wildman–Crippen MR) is 81.1 cm³/mol. The molecule has 1 aromatic rings. The number of rotatable bonds is 3. The van der Waals surface area contributed by atoms with E-state index in [0.717, 1.165) is 30.6 Å². The summed E-state index contributed by atoms with van der Waals surface area (Å²) in [5, 5.41) is 12.0. The standard InChI is InChI=1S/C17H21NO4/c1-10-8-13-9-12(4-7-15(13)22-10)16(19)18-14-5-2-11(3-6-14)17(20)21/h4,7,9-11,14H,2-3,5-6,8H2,1H3,(H,18,19)(H,20,21). The number of carbonyl (C=O) groups is 2. The zero-order chi connectivity index (χ0) is 15.7. The predicted octanol–water partition coefficient (Wildman–Crippen LogP) is 2.38. The van der Waals surface area contributed by atoms with Crippen LogP contribution in [0.25, 0.3) is 0 Å². The third-order valence-corrected chi connectivity index (χ3v) is 4.57. The molecule has 0 spiro atoms. The molecule has 1 fully saturated rings. The molecule has 1 aliphatic heterocycles. The number of ether oxygens (including phenoxy) is 1. The average Bonchev–Trinajstić information content (AvgIpc) is 2.86. The molecule has 5 heteroatoms. The Kier molecular flexibility index (Phi) is 4.05. The van der Waals surface area contributed by atoms with E-state index in [1.54, 1.807) is 6.07 Å². The van der Waals surface area contributed by atoms with Gasteiger partial charge in [-0.05, 0) is 56.4 Å². The van der Waals surface area contributed by atoms with Gasteiger partial charge in [0.2, 0.25) is 0 Å². The van der Waals surface area contributed by atoms with Crippen LogP contribution in [0.15, 0.2) is 18.2 Å². The monoisotopic (exact) mass is 303 g/mol. The van der Waals surface area contributed by atoms with Crippen molar-refractivity contribution in [2.45, 2.75) is 51.2 Å². The van der Waals surface area contributed by atoms with Crippen molar-refractivity contribution >= 4 is 11.9 Å². The first-order valence-electron chi connectivity index (χ1n) is 7.86. The van der Waals surface area contributed by atoms with Gasteiger partial charge >= 0.3 is 5.97 Å². The summed E-state index contributed by atoms with van der Waals surface area (Å²) in [6.45, 7) is 2.01. The highest BCUT2D eigenvalue weighted by Crippen LogP contribution is 2.30. The summed E-state index contributed by atoms with van der Waals surface area (Å²) in [6, 6.07) is 5.62. The van der Waals surface area contributed by atoms with Crippen molar-refractivity contribution in [2.24, 2.45) is 5.92 Å². The molecular weight excluding hydrogens is 282 g/mol. The summed E-state index contributed by atoms with van der Waals surface area (Å²) in [5.41, 5.74) is 1.73. The van der Waals surface area contributed by atoms with Crippen molar-refractivity contribution < 1.29 is 19.4 Å². The Morgan fingerprint density at radius 1 is 1.23 bits per heavy atom. The van der Waals surface area contributed by atoms with Crippen LogP contribution in [-0.4, -0.2) is 29.1 Å². The van der Waals surface area contributed by atoms with E-state index in [2.05, 4.69) is 5.32 Å². The van der Waals surface area contributed by atoms with Crippen molar-refractivity contribution in [1.29, 1.82) is 0 Å². The van der Waals surface area contributed by atoms with Gasteiger partial charge in [-0.2, -0.15) is 0 Å². The molecule has 2 N–H and O–H groups in total. The van der Waals surface area contributed by atoms with E-state index in [0.29, 0.717) is 18.4 Å². The minimum absolute atomic E-state index is 0.0755. The Labute approximate surface area is 129 Å². The molecule has 3 rings (SSSR count). The average molecular weight is 303 g/mol. The number of carboxylic acid groups (broad SMARTS) is 1. The fraction of sp³-hybridized carbons (Fsp3) is 0.529. The number of benzene rings is 1. The van der Waals surface area contributed by atoms with E-state index < -0.39 is 5.97 Å². The Hall–Kier alpha value is -2.04. The first kappa shape index (κ1) is 14.9. The maximum absolute atomic E-state index is 12.3. The number of nitrogens with one attached hydrogen (secondary N) is 1. The van der Waals surface area contributed by atoms with Crippen LogP contribution in [0.5, 0.6) is 5.75 Å². The van der Waals surface area contributed by atoms with Crippen molar-refractivity contribution in [3.8, 4) is 5.75 Å². The fourth-order valence-corrected chi connectivity index (χ4v) is 3.32. The molecule has 118 valence electrons. The van der Waals surface area contributed by atoms with Crippen LogP contribution in [0.2, 0.25) is 0 Å². The van der Waals surface area contributed by atoms with Crippen molar-refractivity contribution in [2.75, 3.05) is 0 Å². The smallest absolute Gasteiger partial charge is 0.306 e. The van der Waals surface area contributed by atoms with Crippen LogP contribution < -0.4 is 10.1 Å². The molecule has 1 aromatic carbocycles. The Bertz CT molecular complexity index is 590. The Balaban J connectivity index is 1.59. The lowest BCUT2D eigenvalue weighted by atomic mass is 9.86. The lowest BCUT2D eigenvalue weighted by Crippen LogP contribution is -2.38. The van der Waals surface area contributed by atoms with E-state index in [-0.39, 0.29) is 24.0 Å². The molecule has 1 saturated carbocycles. The van der Waals surface area contributed by atoms with Crippen molar-refractivity contribution in [3.05, 3.63) is 29.3 Å². The second-order valence-electron chi connectivity index (χ2n) is 6.32. The molecule has 0 bridgehead atoms. The van der Waals surface area contributed by atoms with Crippen molar-refractivity contribution in [3.63, 3.8) is 0 Å². The molecule has 0 aromatic heterocycles. The van der Waals surface area contributed by atoms with Gasteiger partial charge in [-0.1, -0.05) is 0 Å². The van der Waals surface area contributed by atoms with Gasteiger partial charge in [0, 0.05) is 18.0 Å². The summed E-state index contributed by atoms with van der Waals surface area (Å²) >= 11 is 0. The quantitative estimate of drug-likeness (QED) is 0.899. The SMILES string of the molecule is CC1Cc2cc(C(=O)NC3CCC(C(=O)O)CC3)ccc2O1. The summed E-state index contributed by atoms with van der Waals surface area (Å²) < 4.78 is 5.64. The van der Waals surface area contributed by atoms with Gasteiger partial charge in [-0.15, -0.1) is 0 Å². The maximum Gasteiger partial charge on any atom is 0.306 e. The molecule has 1 amide bonds. The number of fused-ring (bicyclic) bond motifs is 1. The summed E-state index contributed by atoms with van der Waals surface area (Å²) in [4.78, 5) is 23.3. The van der Waals surface area contributed by atoms with Gasteiger partial charge < -0.3 is 15.2 Å². The van der Waals surface area contributed by atoms with E-state index in [4.69, 9.17) is 9.84 Å². The number of amides is 1. The highest BCUT2D eigenvalue weighted by molar-refractivity contribution is 5.94. The lowest BCUT2D eigenvalue weighted by molar-refractivity contribution is -0.142. The third kappa shape index (κ3) is 3.08. The van der Waals surface area contributed by atoms with Gasteiger partial charge in [0.15, 0.2) is 0 Å². The number of carbonyl (C=O) groups excluding carboxylic acids is 1. The van der Waals surface area contributed by atoms with Gasteiger partial charge in [0.1, 0.15) is 11.9 Å². The van der Waals surface area contributed by atoms with Crippen LogP contribution in [0.3, 0.4) is 0 Å². The van der Waals surface area contributed by atoms with Crippen molar-refractivity contribution in [1.82, 2.24) is 5.32 Å². The van der Waals surface area contributed by atoms with Gasteiger partial charge in [0.05, 0.1) is 5.92 Å². The minimum Gasteiger partial charge on any atom is -0.490 e. The summed E-state index contributed by atoms with van der Waals surface area (Å²) in [7, 11) is 0. The van der Waals surface area contributed by atoms with Crippen LogP contribution >= 0.6 is 0 Å². The number of hydrogen-bond acceptors (Lipinski definition) is 3. The van der Waals surface area contributed by atoms with Crippen LogP contribution in [0.4, 0.5) is 0 Å². The zero-order valence-electron chi connectivity index (χ0n) is 12.7. The summed E-state index contributed by atoms with van der Waals surface area (Å²) in [6.07, 6.45) is 3.73. The first-order valence-corrected chi connectivity index (χ1v) is 7.86. The molecule has 1 unspecified atom stereocenters. The topological polar surface area (TPSA) is 75.6 Å². The number of aliphatic carboxylic acids is 1. The first-order chi connectivity index (χ1) is 10.5. The highest BCUT2D eigenvalue weighted by atomic mass is 16.5. The summed E-state index contributed by atoms with van der Waals surface area (Å²) in [5.74, 6) is -0.198. The van der Waals surface area contributed by atoms with Crippen LogP contribution in [0, 0.1) is 5.92 Å². The third-order valence-electron chi connectivity index (χ3n) is 4.57. The number of hydrogen-bond donors (Lipinski definition) is 2. The van der Waals surface area contributed by atoms with Crippen LogP contribution in [-0.2, 0) is 11.2 Å². The van der Waals surface area contributed by atoms with E-state index in [1.165, 1.54) is 0 Å². The molecule has 1 atom stereocenters. The van der Waals surface area contributed by atoms with Gasteiger partial charge in [-0.3, -0.25) is 9.59 Å². The molecule has 0 radical (unpaired) electrons. The van der Waals surface area contributed by atoms with Crippen LogP contribution in [0.1, 0.15) is 48.5 Å².